The quantitative estimate of drug-likeness (QED) is 0.635. The summed E-state index contributed by atoms with van der Waals surface area (Å²) < 4.78 is 0. The van der Waals surface area contributed by atoms with Crippen molar-refractivity contribution in [3.63, 3.8) is 0 Å². The highest BCUT2D eigenvalue weighted by atomic mass is 16.2. The molecule has 0 spiro atoms. The minimum absolute atomic E-state index is 0.169. The Morgan fingerprint density at radius 2 is 2.25 bits per heavy atom. The average molecular weight is 220 g/mol. The van der Waals surface area contributed by atoms with Crippen LogP contribution in [-0.4, -0.2) is 24.0 Å². The molecule has 16 heavy (non-hydrogen) atoms. The molecule has 2 rings (SSSR count). The van der Waals surface area contributed by atoms with Crippen LogP contribution in [0.4, 0.5) is 11.6 Å². The van der Waals surface area contributed by atoms with Gasteiger partial charge in [-0.2, -0.15) is 0 Å². The van der Waals surface area contributed by atoms with Crippen molar-refractivity contribution >= 4 is 17.5 Å². The van der Waals surface area contributed by atoms with Crippen molar-refractivity contribution in [1.29, 1.82) is 0 Å². The Morgan fingerprint density at radius 1 is 1.44 bits per heavy atom. The molecule has 0 unspecified atom stereocenters. The van der Waals surface area contributed by atoms with Gasteiger partial charge in [0.2, 0.25) is 5.91 Å². The van der Waals surface area contributed by atoms with Crippen LogP contribution in [0.25, 0.3) is 0 Å². The molecule has 1 heterocycles. The smallest absolute Gasteiger partial charge is 0.223 e. The molecule has 0 bridgehead atoms. The van der Waals surface area contributed by atoms with Gasteiger partial charge in [-0.25, -0.2) is 4.98 Å². The molecule has 1 aromatic rings. The highest BCUT2D eigenvalue weighted by Gasteiger charge is 2.28. The fourth-order valence-corrected chi connectivity index (χ4v) is 1.42. The summed E-state index contributed by atoms with van der Waals surface area (Å²) in [5.41, 5.74) is 5.54. The predicted molar refractivity (Wildman–Crippen MR) is 62.9 cm³/mol. The van der Waals surface area contributed by atoms with Gasteiger partial charge in [0, 0.05) is 19.0 Å². The molecule has 0 atom stereocenters. The lowest BCUT2D eigenvalue weighted by molar-refractivity contribution is -0.122. The van der Waals surface area contributed by atoms with Crippen molar-refractivity contribution in [1.82, 2.24) is 10.3 Å². The second kappa shape index (κ2) is 4.83. The third-order valence-electron chi connectivity index (χ3n) is 2.45. The second-order valence-electron chi connectivity index (χ2n) is 3.94. The van der Waals surface area contributed by atoms with Crippen LogP contribution in [0, 0.1) is 5.92 Å². The van der Waals surface area contributed by atoms with E-state index in [1.165, 1.54) is 0 Å². The number of nitrogens with zero attached hydrogens (tertiary/aromatic N) is 1. The maximum Gasteiger partial charge on any atom is 0.223 e. The van der Waals surface area contributed by atoms with Gasteiger partial charge in [0.1, 0.15) is 11.6 Å². The SMILES string of the molecule is Nc1cccc(NCCNC(=O)C2CC2)n1. The molecule has 1 aliphatic carbocycles. The van der Waals surface area contributed by atoms with E-state index < -0.39 is 0 Å². The third-order valence-corrected chi connectivity index (χ3v) is 2.45. The zero-order chi connectivity index (χ0) is 11.4. The fraction of sp³-hybridized carbons (Fsp3) is 0.455. The fourth-order valence-electron chi connectivity index (χ4n) is 1.42. The van der Waals surface area contributed by atoms with Gasteiger partial charge in [0.25, 0.3) is 0 Å². The van der Waals surface area contributed by atoms with Gasteiger partial charge in [-0.05, 0) is 25.0 Å². The molecule has 0 aliphatic heterocycles. The van der Waals surface area contributed by atoms with E-state index in [1.807, 2.05) is 12.1 Å². The number of nitrogens with one attached hydrogen (secondary N) is 2. The van der Waals surface area contributed by atoms with E-state index in [0.717, 1.165) is 18.7 Å². The minimum Gasteiger partial charge on any atom is -0.384 e. The summed E-state index contributed by atoms with van der Waals surface area (Å²) in [5.74, 6) is 1.67. The van der Waals surface area contributed by atoms with Crippen LogP contribution in [0.1, 0.15) is 12.8 Å². The molecule has 1 amide bonds. The monoisotopic (exact) mass is 220 g/mol. The van der Waals surface area contributed by atoms with Gasteiger partial charge >= 0.3 is 0 Å². The lowest BCUT2D eigenvalue weighted by Crippen LogP contribution is -2.29. The highest BCUT2D eigenvalue weighted by molar-refractivity contribution is 5.80. The van der Waals surface area contributed by atoms with E-state index in [1.54, 1.807) is 6.07 Å². The van der Waals surface area contributed by atoms with Crippen LogP contribution in [0.2, 0.25) is 0 Å². The maximum absolute atomic E-state index is 11.3. The lowest BCUT2D eigenvalue weighted by Gasteiger charge is -2.07. The second-order valence-corrected chi connectivity index (χ2v) is 3.94. The van der Waals surface area contributed by atoms with Crippen molar-refractivity contribution in [3.05, 3.63) is 18.2 Å². The zero-order valence-corrected chi connectivity index (χ0v) is 9.07. The molecule has 0 radical (unpaired) electrons. The minimum atomic E-state index is 0.169. The Morgan fingerprint density at radius 3 is 2.94 bits per heavy atom. The molecule has 5 nitrogen and oxygen atoms in total. The predicted octanol–water partition coefficient (Wildman–Crippen LogP) is 0.602. The van der Waals surface area contributed by atoms with Crippen LogP contribution in [0.5, 0.6) is 0 Å². The van der Waals surface area contributed by atoms with Gasteiger partial charge in [-0.1, -0.05) is 6.07 Å². The van der Waals surface area contributed by atoms with E-state index in [9.17, 15) is 4.79 Å². The van der Waals surface area contributed by atoms with Crippen LogP contribution in [0.15, 0.2) is 18.2 Å². The van der Waals surface area contributed by atoms with Crippen molar-refractivity contribution in [2.75, 3.05) is 24.1 Å². The summed E-state index contributed by atoms with van der Waals surface area (Å²) in [7, 11) is 0. The first-order chi connectivity index (χ1) is 7.75. The Bertz CT molecular complexity index is 376. The van der Waals surface area contributed by atoms with Crippen molar-refractivity contribution in [2.45, 2.75) is 12.8 Å². The number of hydrogen-bond donors (Lipinski definition) is 3. The number of nitrogens with two attached hydrogens (primary N) is 1. The van der Waals surface area contributed by atoms with Crippen LogP contribution >= 0.6 is 0 Å². The van der Waals surface area contributed by atoms with Gasteiger partial charge in [0.15, 0.2) is 0 Å². The summed E-state index contributed by atoms with van der Waals surface area (Å²) in [6.45, 7) is 1.28. The van der Waals surface area contributed by atoms with Gasteiger partial charge in [-0.3, -0.25) is 4.79 Å². The Hall–Kier alpha value is -1.78. The number of carbonyl (C=O) groups is 1. The summed E-state index contributed by atoms with van der Waals surface area (Å²) >= 11 is 0. The molecule has 4 N–H and O–H groups in total. The van der Waals surface area contributed by atoms with Crippen molar-refractivity contribution in [2.24, 2.45) is 5.92 Å². The normalized spacial score (nSPS) is 14.5. The molecule has 0 saturated heterocycles. The van der Waals surface area contributed by atoms with E-state index in [0.29, 0.717) is 18.9 Å². The van der Waals surface area contributed by atoms with Crippen LogP contribution in [-0.2, 0) is 4.79 Å². The first-order valence-electron chi connectivity index (χ1n) is 5.50. The Labute approximate surface area is 94.4 Å². The average Bonchev–Trinajstić information content (AvgIpc) is 3.08. The van der Waals surface area contributed by atoms with Gasteiger partial charge in [0.05, 0.1) is 0 Å². The lowest BCUT2D eigenvalue weighted by atomic mass is 10.4. The molecule has 86 valence electrons. The van der Waals surface area contributed by atoms with E-state index in [2.05, 4.69) is 15.6 Å². The highest BCUT2D eigenvalue weighted by Crippen LogP contribution is 2.28. The maximum atomic E-state index is 11.3. The summed E-state index contributed by atoms with van der Waals surface area (Å²) in [5, 5.41) is 5.96. The van der Waals surface area contributed by atoms with Gasteiger partial charge < -0.3 is 16.4 Å². The van der Waals surface area contributed by atoms with Crippen molar-refractivity contribution in [3.8, 4) is 0 Å². The Kier molecular flexibility index (Phi) is 3.24. The number of pyridine rings is 1. The topological polar surface area (TPSA) is 80.0 Å². The molecule has 1 aromatic heterocycles. The first-order valence-corrected chi connectivity index (χ1v) is 5.50. The van der Waals surface area contributed by atoms with Crippen molar-refractivity contribution < 1.29 is 4.79 Å². The first kappa shape index (κ1) is 10.7. The summed E-state index contributed by atoms with van der Waals surface area (Å²) in [4.78, 5) is 15.4. The molecular weight excluding hydrogens is 204 g/mol. The summed E-state index contributed by atoms with van der Waals surface area (Å²) in [6.07, 6.45) is 2.08. The molecule has 1 saturated carbocycles. The Balaban J connectivity index is 1.65. The number of aromatic nitrogens is 1. The number of rotatable bonds is 5. The van der Waals surface area contributed by atoms with Gasteiger partial charge in [-0.15, -0.1) is 0 Å². The van der Waals surface area contributed by atoms with Crippen LogP contribution < -0.4 is 16.4 Å². The van der Waals surface area contributed by atoms with E-state index in [4.69, 9.17) is 5.73 Å². The number of carbonyl (C=O) groups excluding carboxylic acids is 1. The van der Waals surface area contributed by atoms with E-state index >= 15 is 0 Å². The molecular formula is C11H16N4O. The largest absolute Gasteiger partial charge is 0.384 e. The molecule has 0 aromatic carbocycles. The molecule has 1 aliphatic rings. The van der Waals surface area contributed by atoms with E-state index in [-0.39, 0.29) is 11.8 Å². The number of anilines is 2. The number of hydrogen-bond acceptors (Lipinski definition) is 4. The molecule has 1 fully saturated rings. The third kappa shape index (κ3) is 3.12. The zero-order valence-electron chi connectivity index (χ0n) is 9.07. The number of amides is 1. The number of nitrogen functional groups attached to an aromatic ring is 1. The van der Waals surface area contributed by atoms with Crippen LogP contribution in [0.3, 0.4) is 0 Å². The molecule has 5 heteroatoms. The standard InChI is InChI=1S/C11H16N4O/c12-9-2-1-3-10(15-9)13-6-7-14-11(16)8-4-5-8/h1-3,8H,4-7H2,(H,14,16)(H3,12,13,15). The summed E-state index contributed by atoms with van der Waals surface area (Å²) in [6, 6.07) is 5.42.